The molecule has 0 spiro atoms. The fraction of sp³-hybridized carbons (Fsp3) is 0.462. The van der Waals surface area contributed by atoms with Crippen LogP contribution in [0.15, 0.2) is 30.3 Å². The Morgan fingerprint density at radius 2 is 1.67 bits per heavy atom. The van der Waals surface area contributed by atoms with E-state index in [1.54, 1.807) is 0 Å². The second-order valence-electron chi connectivity index (χ2n) is 4.49. The van der Waals surface area contributed by atoms with E-state index in [0.717, 1.165) is 5.56 Å². The molecule has 4 nitrogen and oxygen atoms in total. The summed E-state index contributed by atoms with van der Waals surface area (Å²) in [4.78, 5) is 11.1. The Hall–Kier alpha value is -1.20. The molecule has 0 aromatic heterocycles. The third-order valence-electron chi connectivity index (χ3n) is 3.16. The molecule has 0 radical (unpaired) electrons. The molecule has 5 heteroatoms. The summed E-state index contributed by atoms with van der Waals surface area (Å²) >= 11 is 0. The Kier molecular flexibility index (Phi) is 4.14. The molecule has 0 unspecified atom stereocenters. The smallest absolute Gasteiger partial charge is 0.214 e. The van der Waals surface area contributed by atoms with Crippen molar-refractivity contribution in [3.05, 3.63) is 35.9 Å². The summed E-state index contributed by atoms with van der Waals surface area (Å²) in [5.74, 6) is 0.273. The predicted molar refractivity (Wildman–Crippen MR) is 69.7 cm³/mol. The van der Waals surface area contributed by atoms with Gasteiger partial charge in [0.15, 0.2) is 0 Å². The number of sulfonamides is 1. The molecule has 1 saturated heterocycles. The average Bonchev–Trinajstić information content (AvgIpc) is 2.38. The zero-order chi connectivity index (χ0) is 13.0. The standard InChI is InChI=1S/C13H17NO3S/c15-13-6-9-14(10-7-13)18(16,17)11-8-12-4-2-1-3-5-12/h1-5H,6-11H2. The van der Waals surface area contributed by atoms with Gasteiger partial charge in [-0.1, -0.05) is 30.3 Å². The average molecular weight is 267 g/mol. The minimum Gasteiger partial charge on any atom is -0.300 e. The normalized spacial score (nSPS) is 17.9. The molecule has 1 heterocycles. The number of piperidine rings is 1. The maximum Gasteiger partial charge on any atom is 0.214 e. The highest BCUT2D eigenvalue weighted by Crippen LogP contribution is 2.12. The van der Waals surface area contributed by atoms with Crippen molar-refractivity contribution in [1.29, 1.82) is 0 Å². The van der Waals surface area contributed by atoms with Crippen LogP contribution >= 0.6 is 0 Å². The number of carbonyl (C=O) groups excluding carboxylic acids is 1. The fourth-order valence-electron chi connectivity index (χ4n) is 2.03. The van der Waals surface area contributed by atoms with Gasteiger partial charge in [0.1, 0.15) is 5.78 Å². The first-order chi connectivity index (χ1) is 8.58. The van der Waals surface area contributed by atoms with Gasteiger partial charge in [-0.2, -0.15) is 0 Å². The number of aryl methyl sites for hydroxylation is 1. The summed E-state index contributed by atoms with van der Waals surface area (Å²) in [6.45, 7) is 0.686. The first-order valence-corrected chi connectivity index (χ1v) is 7.72. The summed E-state index contributed by atoms with van der Waals surface area (Å²) < 4.78 is 25.6. The molecular formula is C13H17NO3S. The third-order valence-corrected chi connectivity index (χ3v) is 5.04. The Bertz CT molecular complexity index is 500. The minimum atomic E-state index is -3.22. The third kappa shape index (κ3) is 3.40. The number of nitrogens with zero attached hydrogens (tertiary/aromatic N) is 1. The molecule has 0 saturated carbocycles. The molecule has 2 rings (SSSR count). The van der Waals surface area contributed by atoms with Gasteiger partial charge in [0.05, 0.1) is 5.75 Å². The zero-order valence-corrected chi connectivity index (χ0v) is 11.0. The summed E-state index contributed by atoms with van der Waals surface area (Å²) in [7, 11) is -3.22. The number of benzene rings is 1. The lowest BCUT2D eigenvalue weighted by molar-refractivity contribution is -0.120. The van der Waals surface area contributed by atoms with Gasteiger partial charge in [-0.05, 0) is 12.0 Å². The van der Waals surface area contributed by atoms with Crippen LogP contribution in [0.3, 0.4) is 0 Å². The molecule has 1 fully saturated rings. The van der Waals surface area contributed by atoms with Crippen LogP contribution in [0.4, 0.5) is 0 Å². The predicted octanol–water partition coefficient (Wildman–Crippen LogP) is 1.22. The Balaban J connectivity index is 1.93. The number of carbonyl (C=O) groups is 1. The van der Waals surface area contributed by atoms with Crippen molar-refractivity contribution in [2.75, 3.05) is 18.8 Å². The molecule has 0 bridgehead atoms. The molecule has 1 aromatic carbocycles. The summed E-state index contributed by atoms with van der Waals surface area (Å²) in [6, 6.07) is 9.57. The molecule has 1 aromatic rings. The second-order valence-corrected chi connectivity index (χ2v) is 6.58. The van der Waals surface area contributed by atoms with Crippen LogP contribution in [-0.4, -0.2) is 37.3 Å². The SMILES string of the molecule is O=C1CCN(S(=O)(=O)CCc2ccccc2)CC1. The van der Waals surface area contributed by atoms with E-state index in [1.807, 2.05) is 30.3 Å². The highest BCUT2D eigenvalue weighted by molar-refractivity contribution is 7.89. The van der Waals surface area contributed by atoms with Crippen molar-refractivity contribution in [2.24, 2.45) is 0 Å². The van der Waals surface area contributed by atoms with Crippen molar-refractivity contribution >= 4 is 15.8 Å². The lowest BCUT2D eigenvalue weighted by Crippen LogP contribution is -2.40. The van der Waals surface area contributed by atoms with Crippen molar-refractivity contribution in [1.82, 2.24) is 4.31 Å². The fourth-order valence-corrected chi connectivity index (χ4v) is 3.53. The van der Waals surface area contributed by atoms with Crippen LogP contribution in [-0.2, 0) is 21.2 Å². The van der Waals surface area contributed by atoms with E-state index in [1.165, 1.54) is 4.31 Å². The number of Topliss-reactive ketones (excluding diaryl/α,β-unsaturated/α-hetero) is 1. The number of hydrogen-bond acceptors (Lipinski definition) is 3. The molecule has 1 aliphatic rings. The first-order valence-electron chi connectivity index (χ1n) is 6.11. The Morgan fingerprint density at radius 3 is 2.28 bits per heavy atom. The van der Waals surface area contributed by atoms with Gasteiger partial charge < -0.3 is 0 Å². The number of rotatable bonds is 4. The summed E-state index contributed by atoms with van der Waals surface area (Å²) in [6.07, 6.45) is 1.22. The molecule has 0 aliphatic carbocycles. The maximum atomic E-state index is 12.1. The highest BCUT2D eigenvalue weighted by Gasteiger charge is 2.26. The molecule has 1 aliphatic heterocycles. The van der Waals surface area contributed by atoms with Gasteiger partial charge in [-0.3, -0.25) is 4.79 Å². The molecule has 0 amide bonds. The monoisotopic (exact) mass is 267 g/mol. The first kappa shape index (κ1) is 13.2. The van der Waals surface area contributed by atoms with Crippen LogP contribution in [0, 0.1) is 0 Å². The van der Waals surface area contributed by atoms with E-state index in [4.69, 9.17) is 0 Å². The van der Waals surface area contributed by atoms with Gasteiger partial charge >= 0.3 is 0 Å². The Labute approximate surface area is 108 Å². The molecule has 98 valence electrons. The van der Waals surface area contributed by atoms with E-state index in [0.29, 0.717) is 32.4 Å². The largest absolute Gasteiger partial charge is 0.300 e. The minimum absolute atomic E-state index is 0.116. The molecule has 0 N–H and O–H groups in total. The quantitative estimate of drug-likeness (QED) is 0.824. The molecule has 0 atom stereocenters. The van der Waals surface area contributed by atoms with Crippen LogP contribution in [0.5, 0.6) is 0 Å². The van der Waals surface area contributed by atoms with Crippen LogP contribution in [0.25, 0.3) is 0 Å². The highest BCUT2D eigenvalue weighted by atomic mass is 32.2. The van der Waals surface area contributed by atoms with Crippen molar-refractivity contribution < 1.29 is 13.2 Å². The van der Waals surface area contributed by atoms with Gasteiger partial charge in [0, 0.05) is 25.9 Å². The lowest BCUT2D eigenvalue weighted by atomic mass is 10.1. The summed E-state index contributed by atoms with van der Waals surface area (Å²) in [5, 5.41) is 0. The maximum absolute atomic E-state index is 12.1. The van der Waals surface area contributed by atoms with Gasteiger partial charge in [-0.25, -0.2) is 12.7 Å². The number of hydrogen-bond donors (Lipinski definition) is 0. The Morgan fingerprint density at radius 1 is 1.06 bits per heavy atom. The lowest BCUT2D eigenvalue weighted by Gasteiger charge is -2.25. The summed E-state index contributed by atoms with van der Waals surface area (Å²) in [5.41, 5.74) is 1.02. The van der Waals surface area contributed by atoms with E-state index >= 15 is 0 Å². The van der Waals surface area contributed by atoms with E-state index in [2.05, 4.69) is 0 Å². The van der Waals surface area contributed by atoms with Crippen molar-refractivity contribution in [2.45, 2.75) is 19.3 Å². The van der Waals surface area contributed by atoms with Gasteiger partial charge in [-0.15, -0.1) is 0 Å². The van der Waals surface area contributed by atoms with Crippen molar-refractivity contribution in [3.8, 4) is 0 Å². The van der Waals surface area contributed by atoms with Crippen LogP contribution < -0.4 is 0 Å². The molecular weight excluding hydrogens is 250 g/mol. The molecule has 18 heavy (non-hydrogen) atoms. The number of ketones is 1. The van der Waals surface area contributed by atoms with Crippen LogP contribution in [0.2, 0.25) is 0 Å². The van der Waals surface area contributed by atoms with Gasteiger partial charge in [0.2, 0.25) is 10.0 Å². The zero-order valence-electron chi connectivity index (χ0n) is 10.2. The topological polar surface area (TPSA) is 54.5 Å². The van der Waals surface area contributed by atoms with Gasteiger partial charge in [0.25, 0.3) is 0 Å². The van der Waals surface area contributed by atoms with Crippen LogP contribution in [0.1, 0.15) is 18.4 Å². The second kappa shape index (κ2) is 5.63. The van der Waals surface area contributed by atoms with E-state index < -0.39 is 10.0 Å². The van der Waals surface area contributed by atoms with Crippen molar-refractivity contribution in [3.63, 3.8) is 0 Å². The van der Waals surface area contributed by atoms with E-state index in [-0.39, 0.29) is 11.5 Å². The van der Waals surface area contributed by atoms with E-state index in [9.17, 15) is 13.2 Å².